The van der Waals surface area contributed by atoms with E-state index in [0.29, 0.717) is 18.5 Å². The van der Waals surface area contributed by atoms with E-state index >= 15 is 0 Å². The van der Waals surface area contributed by atoms with Gasteiger partial charge in [0.2, 0.25) is 10.0 Å². The van der Waals surface area contributed by atoms with Crippen LogP contribution < -0.4 is 4.72 Å². The van der Waals surface area contributed by atoms with E-state index in [1.165, 1.54) is 12.1 Å². The van der Waals surface area contributed by atoms with Crippen LogP contribution in [-0.2, 0) is 16.4 Å². The van der Waals surface area contributed by atoms with E-state index in [1.54, 1.807) is 57.2 Å². The molecule has 1 N–H and O–H groups in total. The van der Waals surface area contributed by atoms with Crippen molar-refractivity contribution in [2.24, 2.45) is 0 Å². The summed E-state index contributed by atoms with van der Waals surface area (Å²) in [6.07, 6.45) is 4.13. The van der Waals surface area contributed by atoms with Crippen LogP contribution in [-0.4, -0.2) is 43.3 Å². The van der Waals surface area contributed by atoms with Gasteiger partial charge in [0.15, 0.2) is 0 Å². The third-order valence-corrected chi connectivity index (χ3v) is 5.42. The first-order valence-corrected chi connectivity index (χ1v) is 9.85. The van der Waals surface area contributed by atoms with Gasteiger partial charge in [-0.25, -0.2) is 13.1 Å². The highest BCUT2D eigenvalue weighted by atomic mass is 32.2. The maximum Gasteiger partial charge on any atom is 0.253 e. The third-order valence-electron chi connectivity index (χ3n) is 3.66. The highest BCUT2D eigenvalue weighted by Gasteiger charge is 2.23. The molecular weight excluding hydrogens is 350 g/mol. The smallest absolute Gasteiger partial charge is 0.253 e. The van der Waals surface area contributed by atoms with E-state index in [4.69, 9.17) is 0 Å². The van der Waals surface area contributed by atoms with Crippen LogP contribution >= 0.6 is 0 Å². The Morgan fingerprint density at radius 1 is 1.15 bits per heavy atom. The number of hydrogen-bond acceptors (Lipinski definition) is 4. The Balaban J connectivity index is 2.12. The topological polar surface area (TPSA) is 79.4 Å². The fourth-order valence-corrected chi connectivity index (χ4v) is 3.89. The third kappa shape index (κ3) is 5.64. The van der Waals surface area contributed by atoms with Gasteiger partial charge >= 0.3 is 0 Å². The van der Waals surface area contributed by atoms with Crippen LogP contribution in [0, 0.1) is 0 Å². The lowest BCUT2D eigenvalue weighted by molar-refractivity contribution is 0.0796. The summed E-state index contributed by atoms with van der Waals surface area (Å²) in [6, 6.07) is 9.93. The maximum atomic E-state index is 12.6. The zero-order chi connectivity index (χ0) is 19.4. The fourth-order valence-electron chi connectivity index (χ4n) is 2.43. The number of benzene rings is 1. The molecule has 0 saturated heterocycles. The van der Waals surface area contributed by atoms with Gasteiger partial charge in [0.05, 0.1) is 4.90 Å². The fraction of sp³-hybridized carbons (Fsp3) is 0.368. The lowest BCUT2D eigenvalue weighted by Crippen LogP contribution is -2.40. The molecule has 0 aliphatic heterocycles. The second-order valence-electron chi connectivity index (χ2n) is 7.22. The van der Waals surface area contributed by atoms with Crippen molar-refractivity contribution in [2.45, 2.75) is 37.6 Å². The minimum atomic E-state index is -3.68. The Kier molecular flexibility index (Phi) is 6.15. The first-order valence-electron chi connectivity index (χ1n) is 8.37. The van der Waals surface area contributed by atoms with E-state index in [0.717, 1.165) is 5.56 Å². The van der Waals surface area contributed by atoms with Crippen molar-refractivity contribution >= 4 is 15.9 Å². The molecule has 2 aromatic rings. The number of pyridine rings is 1. The molecule has 0 bridgehead atoms. The number of likely N-dealkylation sites (N-methyl/N-ethyl adjacent to an activating group) is 1. The average molecular weight is 375 g/mol. The average Bonchev–Trinajstić information content (AvgIpc) is 2.58. The molecule has 1 heterocycles. The monoisotopic (exact) mass is 375 g/mol. The van der Waals surface area contributed by atoms with Gasteiger partial charge in [-0.05, 0) is 63.1 Å². The Morgan fingerprint density at radius 2 is 1.81 bits per heavy atom. The molecule has 0 radical (unpaired) electrons. The zero-order valence-electron chi connectivity index (χ0n) is 15.6. The normalized spacial score (nSPS) is 12.0. The van der Waals surface area contributed by atoms with Gasteiger partial charge < -0.3 is 4.90 Å². The number of carbonyl (C=O) groups is 1. The number of rotatable bonds is 6. The largest absolute Gasteiger partial charge is 0.341 e. The minimum absolute atomic E-state index is 0.0841. The van der Waals surface area contributed by atoms with Crippen LogP contribution in [0.3, 0.4) is 0 Å². The summed E-state index contributed by atoms with van der Waals surface area (Å²) >= 11 is 0. The molecule has 0 saturated carbocycles. The predicted molar refractivity (Wildman–Crippen MR) is 101 cm³/mol. The van der Waals surface area contributed by atoms with E-state index in [1.807, 2.05) is 12.1 Å². The van der Waals surface area contributed by atoms with Gasteiger partial charge in [0.25, 0.3) is 5.91 Å². The van der Waals surface area contributed by atoms with Gasteiger partial charge in [-0.2, -0.15) is 0 Å². The Hall–Kier alpha value is -2.25. The second kappa shape index (κ2) is 7.97. The molecule has 140 valence electrons. The van der Waals surface area contributed by atoms with Gasteiger partial charge in [0, 0.05) is 37.1 Å². The van der Waals surface area contributed by atoms with E-state index < -0.39 is 15.6 Å². The molecule has 2 rings (SSSR count). The molecule has 1 aromatic heterocycles. The van der Waals surface area contributed by atoms with Gasteiger partial charge in [-0.3, -0.25) is 9.78 Å². The molecule has 0 unspecified atom stereocenters. The molecule has 1 amide bonds. The van der Waals surface area contributed by atoms with Gasteiger partial charge in [-0.15, -0.1) is 0 Å². The number of carbonyl (C=O) groups excluding carboxylic acids is 1. The van der Waals surface area contributed by atoms with Gasteiger partial charge in [-0.1, -0.05) is 6.07 Å². The van der Waals surface area contributed by atoms with Crippen molar-refractivity contribution in [3.05, 3.63) is 59.9 Å². The summed E-state index contributed by atoms with van der Waals surface area (Å²) in [7, 11) is -1.98. The van der Waals surface area contributed by atoms with E-state index in [-0.39, 0.29) is 10.8 Å². The molecule has 0 aliphatic rings. The molecule has 0 aliphatic carbocycles. The highest BCUT2D eigenvalue weighted by molar-refractivity contribution is 7.89. The van der Waals surface area contributed by atoms with E-state index in [9.17, 15) is 13.2 Å². The number of amides is 1. The van der Waals surface area contributed by atoms with Crippen LogP contribution in [0.1, 0.15) is 36.7 Å². The van der Waals surface area contributed by atoms with Crippen LogP contribution in [0.25, 0.3) is 0 Å². The summed E-state index contributed by atoms with van der Waals surface area (Å²) in [6.45, 7) is 5.84. The highest BCUT2D eigenvalue weighted by Crippen LogP contribution is 2.16. The maximum absolute atomic E-state index is 12.6. The second-order valence-corrected chi connectivity index (χ2v) is 8.90. The van der Waals surface area contributed by atoms with Crippen LogP contribution in [0.5, 0.6) is 0 Å². The number of hydrogen-bond donors (Lipinski definition) is 1. The molecule has 0 spiro atoms. The Morgan fingerprint density at radius 3 is 2.42 bits per heavy atom. The summed E-state index contributed by atoms with van der Waals surface area (Å²) < 4.78 is 27.5. The van der Waals surface area contributed by atoms with Crippen LogP contribution in [0.4, 0.5) is 0 Å². The van der Waals surface area contributed by atoms with Crippen molar-refractivity contribution in [1.82, 2.24) is 14.6 Å². The Labute approximate surface area is 155 Å². The van der Waals surface area contributed by atoms with Crippen molar-refractivity contribution in [3.63, 3.8) is 0 Å². The first-order chi connectivity index (χ1) is 12.1. The van der Waals surface area contributed by atoms with Crippen molar-refractivity contribution in [2.75, 3.05) is 13.6 Å². The SMILES string of the molecule is CN(CCc1ccncc1)C(=O)c1cccc(S(=O)(=O)NC(C)(C)C)c1. The summed E-state index contributed by atoms with van der Waals surface area (Å²) in [5.74, 6) is -0.216. The summed E-state index contributed by atoms with van der Waals surface area (Å²) in [5.41, 5.74) is 0.838. The molecule has 0 fully saturated rings. The minimum Gasteiger partial charge on any atom is -0.341 e. The number of aromatic nitrogens is 1. The quantitative estimate of drug-likeness (QED) is 0.841. The Bertz CT molecular complexity index is 859. The molecular formula is C19H25N3O3S. The summed E-state index contributed by atoms with van der Waals surface area (Å²) in [5, 5.41) is 0. The molecule has 26 heavy (non-hydrogen) atoms. The molecule has 7 heteroatoms. The first kappa shape index (κ1) is 20.1. The van der Waals surface area contributed by atoms with Crippen molar-refractivity contribution < 1.29 is 13.2 Å². The zero-order valence-corrected chi connectivity index (χ0v) is 16.4. The van der Waals surface area contributed by atoms with Crippen LogP contribution in [0.2, 0.25) is 0 Å². The van der Waals surface area contributed by atoms with Gasteiger partial charge in [0.1, 0.15) is 0 Å². The van der Waals surface area contributed by atoms with E-state index in [2.05, 4.69) is 9.71 Å². The number of sulfonamides is 1. The molecule has 1 aromatic carbocycles. The lowest BCUT2D eigenvalue weighted by Gasteiger charge is -2.21. The number of nitrogens with zero attached hydrogens (tertiary/aromatic N) is 2. The predicted octanol–water partition coefficient (Wildman–Crippen LogP) is 2.47. The van der Waals surface area contributed by atoms with Crippen molar-refractivity contribution in [1.29, 1.82) is 0 Å². The summed E-state index contributed by atoms with van der Waals surface area (Å²) in [4.78, 5) is 18.3. The van der Waals surface area contributed by atoms with Crippen molar-refractivity contribution in [3.8, 4) is 0 Å². The molecule has 6 nitrogen and oxygen atoms in total. The number of nitrogens with one attached hydrogen (secondary N) is 1. The lowest BCUT2D eigenvalue weighted by atomic mass is 10.1. The standard InChI is InChI=1S/C19H25N3O3S/c1-19(2,3)21-26(24,25)17-7-5-6-16(14-17)18(23)22(4)13-10-15-8-11-20-12-9-15/h5-9,11-12,14,21H,10,13H2,1-4H3. The van der Waals surface area contributed by atoms with Crippen LogP contribution in [0.15, 0.2) is 53.7 Å². The molecule has 0 atom stereocenters.